The molecule has 0 heterocycles. The quantitative estimate of drug-likeness (QED) is 0.707. The molecule has 2 unspecified atom stereocenters. The molecule has 0 aliphatic rings. The number of hydrogen-bond donors (Lipinski definition) is 2. The molecule has 4 heteroatoms. The van der Waals surface area contributed by atoms with Crippen LogP contribution < -0.4 is 5.32 Å². The predicted molar refractivity (Wildman–Crippen MR) is 61.4 cm³/mol. The van der Waals surface area contributed by atoms with Gasteiger partial charge in [0.1, 0.15) is 0 Å². The third-order valence-corrected chi connectivity index (χ3v) is 2.98. The van der Waals surface area contributed by atoms with Gasteiger partial charge in [0.05, 0.1) is 11.9 Å². The lowest BCUT2D eigenvalue weighted by Gasteiger charge is -2.16. The molecule has 0 radical (unpaired) electrons. The van der Waals surface area contributed by atoms with Gasteiger partial charge in [0.15, 0.2) is 0 Å². The van der Waals surface area contributed by atoms with E-state index in [1.54, 1.807) is 0 Å². The smallest absolute Gasteiger partial charge is 0.232 e. The Morgan fingerprint density at radius 1 is 1.36 bits per heavy atom. The largest absolute Gasteiger partial charge is 0.395 e. The van der Waals surface area contributed by atoms with Gasteiger partial charge in [-0.2, -0.15) is 0 Å². The van der Waals surface area contributed by atoms with E-state index in [1.807, 2.05) is 13.8 Å². The van der Waals surface area contributed by atoms with Crippen LogP contribution in [0, 0.1) is 5.92 Å². The maximum atomic E-state index is 11.5. The summed E-state index contributed by atoms with van der Waals surface area (Å²) in [6.07, 6.45) is 0. The summed E-state index contributed by atoms with van der Waals surface area (Å²) in [7, 11) is 0. The van der Waals surface area contributed by atoms with Crippen LogP contribution in [0.4, 0.5) is 0 Å². The lowest BCUT2D eigenvalue weighted by molar-refractivity contribution is -0.120. The van der Waals surface area contributed by atoms with Crippen molar-refractivity contribution in [3.05, 3.63) is 0 Å². The van der Waals surface area contributed by atoms with Crippen molar-refractivity contribution in [2.24, 2.45) is 5.92 Å². The molecule has 0 rings (SSSR count). The average molecular weight is 219 g/mol. The van der Waals surface area contributed by atoms with E-state index in [4.69, 9.17) is 5.11 Å². The van der Waals surface area contributed by atoms with Gasteiger partial charge in [-0.1, -0.05) is 20.8 Å². The van der Waals surface area contributed by atoms with E-state index >= 15 is 0 Å². The minimum absolute atomic E-state index is 0.0593. The Labute approximate surface area is 90.7 Å². The second kappa shape index (κ2) is 7.12. The summed E-state index contributed by atoms with van der Waals surface area (Å²) < 4.78 is 0. The highest BCUT2D eigenvalue weighted by atomic mass is 32.2. The third-order valence-electron chi connectivity index (χ3n) is 1.75. The van der Waals surface area contributed by atoms with Crippen LogP contribution >= 0.6 is 11.8 Å². The predicted octanol–water partition coefficient (Wildman–Crippen LogP) is 1.26. The molecule has 0 aliphatic carbocycles. The van der Waals surface area contributed by atoms with E-state index < -0.39 is 0 Å². The Balaban J connectivity index is 3.76. The number of nitrogens with one attached hydrogen (secondary N) is 1. The van der Waals surface area contributed by atoms with Gasteiger partial charge in [-0.25, -0.2) is 0 Å². The Morgan fingerprint density at radius 2 is 1.93 bits per heavy atom. The Morgan fingerprint density at radius 3 is 2.36 bits per heavy atom. The fourth-order valence-electron chi connectivity index (χ4n) is 0.902. The molecule has 84 valence electrons. The molecule has 0 saturated heterocycles. The van der Waals surface area contributed by atoms with E-state index in [1.165, 1.54) is 11.8 Å². The minimum Gasteiger partial charge on any atom is -0.395 e. The molecule has 0 bridgehead atoms. The van der Waals surface area contributed by atoms with Crippen LogP contribution in [0.5, 0.6) is 0 Å². The normalized spacial score (nSPS) is 15.3. The first-order chi connectivity index (χ1) is 6.47. The average Bonchev–Trinajstić information content (AvgIpc) is 2.13. The van der Waals surface area contributed by atoms with Crippen molar-refractivity contribution in [1.29, 1.82) is 0 Å². The van der Waals surface area contributed by atoms with Crippen molar-refractivity contribution in [1.82, 2.24) is 5.32 Å². The molecule has 0 saturated carbocycles. The van der Waals surface area contributed by atoms with Crippen molar-refractivity contribution >= 4 is 17.7 Å². The summed E-state index contributed by atoms with van der Waals surface area (Å²) in [6, 6.07) is 0. The van der Waals surface area contributed by atoms with Gasteiger partial charge in [0, 0.05) is 11.8 Å². The van der Waals surface area contributed by atoms with E-state index in [0.29, 0.717) is 5.92 Å². The zero-order valence-electron chi connectivity index (χ0n) is 9.41. The SMILES string of the molecule is CC(C)CNC(=O)C(C)SC(C)CO. The maximum Gasteiger partial charge on any atom is 0.232 e. The lowest BCUT2D eigenvalue weighted by Crippen LogP contribution is -2.34. The highest BCUT2D eigenvalue weighted by molar-refractivity contribution is 8.01. The number of thioether (sulfide) groups is 1. The molecule has 0 aromatic rings. The van der Waals surface area contributed by atoms with Crippen LogP contribution in [0.2, 0.25) is 0 Å². The summed E-state index contributed by atoms with van der Waals surface area (Å²) in [5.74, 6) is 0.537. The topological polar surface area (TPSA) is 49.3 Å². The number of rotatable bonds is 6. The Bertz CT molecular complexity index is 174. The van der Waals surface area contributed by atoms with Gasteiger partial charge in [0.25, 0.3) is 0 Å². The first kappa shape index (κ1) is 13.8. The summed E-state index contributed by atoms with van der Waals surface area (Å²) >= 11 is 1.50. The van der Waals surface area contributed by atoms with Crippen molar-refractivity contribution in [3.63, 3.8) is 0 Å². The number of amides is 1. The first-order valence-corrected chi connectivity index (χ1v) is 5.95. The van der Waals surface area contributed by atoms with Gasteiger partial charge < -0.3 is 10.4 Å². The molecule has 0 aromatic heterocycles. The first-order valence-electron chi connectivity index (χ1n) is 5.01. The van der Waals surface area contributed by atoms with E-state index in [0.717, 1.165) is 6.54 Å². The maximum absolute atomic E-state index is 11.5. The minimum atomic E-state index is -0.0871. The number of carbonyl (C=O) groups excluding carboxylic acids is 1. The highest BCUT2D eigenvalue weighted by Gasteiger charge is 2.15. The molecule has 0 spiro atoms. The molecule has 1 amide bonds. The van der Waals surface area contributed by atoms with Gasteiger partial charge in [-0.05, 0) is 12.8 Å². The molecule has 2 N–H and O–H groups in total. The van der Waals surface area contributed by atoms with E-state index in [9.17, 15) is 4.79 Å². The summed E-state index contributed by atoms with van der Waals surface area (Å²) in [5, 5.41) is 11.7. The van der Waals surface area contributed by atoms with Crippen LogP contribution in [-0.2, 0) is 4.79 Å². The zero-order valence-corrected chi connectivity index (χ0v) is 10.2. The van der Waals surface area contributed by atoms with Gasteiger partial charge >= 0.3 is 0 Å². The fraction of sp³-hybridized carbons (Fsp3) is 0.900. The molecular weight excluding hydrogens is 198 g/mol. The number of hydrogen-bond acceptors (Lipinski definition) is 3. The van der Waals surface area contributed by atoms with Crippen LogP contribution in [0.15, 0.2) is 0 Å². The van der Waals surface area contributed by atoms with Crippen molar-refractivity contribution in [2.45, 2.75) is 38.2 Å². The molecule has 2 atom stereocenters. The second-order valence-electron chi connectivity index (χ2n) is 3.91. The van der Waals surface area contributed by atoms with Crippen molar-refractivity contribution < 1.29 is 9.90 Å². The Hall–Kier alpha value is -0.220. The van der Waals surface area contributed by atoms with Gasteiger partial charge in [0.2, 0.25) is 5.91 Å². The summed E-state index contributed by atoms with van der Waals surface area (Å²) in [5.41, 5.74) is 0. The Kier molecular flexibility index (Phi) is 7.01. The van der Waals surface area contributed by atoms with E-state index in [2.05, 4.69) is 19.2 Å². The molecule has 0 fully saturated rings. The molecule has 0 aromatic carbocycles. The zero-order chi connectivity index (χ0) is 11.1. The molecule has 14 heavy (non-hydrogen) atoms. The van der Waals surface area contributed by atoms with Crippen LogP contribution in [-0.4, -0.2) is 34.7 Å². The van der Waals surface area contributed by atoms with Crippen LogP contribution in [0.1, 0.15) is 27.7 Å². The molecule has 3 nitrogen and oxygen atoms in total. The van der Waals surface area contributed by atoms with Crippen LogP contribution in [0.3, 0.4) is 0 Å². The number of aliphatic hydroxyl groups is 1. The highest BCUT2D eigenvalue weighted by Crippen LogP contribution is 2.16. The number of aliphatic hydroxyl groups excluding tert-OH is 1. The monoisotopic (exact) mass is 219 g/mol. The van der Waals surface area contributed by atoms with Gasteiger partial charge in [-0.15, -0.1) is 11.8 Å². The fourth-order valence-corrected chi connectivity index (χ4v) is 1.89. The second-order valence-corrected chi connectivity index (χ2v) is 5.69. The van der Waals surface area contributed by atoms with E-state index in [-0.39, 0.29) is 23.0 Å². The van der Waals surface area contributed by atoms with Crippen molar-refractivity contribution in [3.8, 4) is 0 Å². The molecule has 0 aliphatic heterocycles. The van der Waals surface area contributed by atoms with Crippen LogP contribution in [0.25, 0.3) is 0 Å². The number of carbonyl (C=O) groups is 1. The van der Waals surface area contributed by atoms with Gasteiger partial charge in [-0.3, -0.25) is 4.79 Å². The summed E-state index contributed by atoms with van der Waals surface area (Å²) in [4.78, 5) is 11.5. The standard InChI is InChI=1S/C10H21NO2S/c1-7(2)5-11-10(13)9(4)14-8(3)6-12/h7-9,12H,5-6H2,1-4H3,(H,11,13). The molecular formula is C10H21NO2S. The van der Waals surface area contributed by atoms with Crippen molar-refractivity contribution in [2.75, 3.05) is 13.2 Å². The summed E-state index contributed by atoms with van der Waals surface area (Å²) in [6.45, 7) is 8.75. The lowest BCUT2D eigenvalue weighted by atomic mass is 10.2. The third kappa shape index (κ3) is 6.27.